The van der Waals surface area contributed by atoms with Crippen LogP contribution in [0.5, 0.6) is 5.75 Å². The molecule has 0 aliphatic rings. The molecule has 0 spiro atoms. The first-order chi connectivity index (χ1) is 8.74. The summed E-state index contributed by atoms with van der Waals surface area (Å²) < 4.78 is 11.9. The number of likely N-dealkylation sites (N-methyl/N-ethyl adjacent to an activating group) is 1. The monoisotopic (exact) mass is 310 g/mol. The second kappa shape index (κ2) is 6.02. The van der Waals surface area contributed by atoms with E-state index in [-0.39, 0.29) is 0 Å². The summed E-state index contributed by atoms with van der Waals surface area (Å²) in [4.78, 5) is 4.26. The summed E-state index contributed by atoms with van der Waals surface area (Å²) >= 11 is 3.50. The van der Waals surface area contributed by atoms with Crippen molar-refractivity contribution in [1.82, 2.24) is 10.3 Å². The van der Waals surface area contributed by atoms with E-state index in [4.69, 9.17) is 9.15 Å². The zero-order valence-electron chi connectivity index (χ0n) is 10.4. The van der Waals surface area contributed by atoms with Crippen molar-refractivity contribution < 1.29 is 9.15 Å². The van der Waals surface area contributed by atoms with E-state index in [1.807, 2.05) is 25.2 Å². The maximum absolute atomic E-state index is 5.72. The number of ether oxygens (including phenoxy) is 1. The topological polar surface area (TPSA) is 47.3 Å². The van der Waals surface area contributed by atoms with E-state index in [9.17, 15) is 0 Å². The van der Waals surface area contributed by atoms with Crippen LogP contribution in [0.25, 0.3) is 11.3 Å². The van der Waals surface area contributed by atoms with Gasteiger partial charge in [-0.05, 0) is 25.2 Å². The Labute approximate surface area is 114 Å². The van der Waals surface area contributed by atoms with E-state index in [0.29, 0.717) is 0 Å². The standard InChI is InChI=1S/C13H15BrN2O2/c1-15-6-5-13-16-8-12(18-13)10-7-9(17-2)3-4-11(10)14/h3-4,7-8,15H,5-6H2,1-2H3. The Morgan fingerprint density at radius 3 is 3.00 bits per heavy atom. The number of nitrogens with one attached hydrogen (secondary N) is 1. The highest BCUT2D eigenvalue weighted by Crippen LogP contribution is 2.32. The third kappa shape index (κ3) is 2.91. The number of rotatable bonds is 5. The van der Waals surface area contributed by atoms with Crippen LogP contribution in [0.1, 0.15) is 5.89 Å². The van der Waals surface area contributed by atoms with Gasteiger partial charge in [0.25, 0.3) is 0 Å². The summed E-state index contributed by atoms with van der Waals surface area (Å²) in [5, 5.41) is 3.07. The molecule has 0 unspecified atom stereocenters. The Kier molecular flexibility index (Phi) is 4.38. The third-order valence-corrected chi connectivity index (χ3v) is 3.27. The van der Waals surface area contributed by atoms with Gasteiger partial charge in [0.1, 0.15) is 5.75 Å². The summed E-state index contributed by atoms with van der Waals surface area (Å²) in [6, 6.07) is 5.75. The van der Waals surface area contributed by atoms with Gasteiger partial charge in [-0.3, -0.25) is 0 Å². The predicted octanol–water partition coefficient (Wildman–Crippen LogP) is 2.87. The van der Waals surface area contributed by atoms with Gasteiger partial charge in [-0.15, -0.1) is 0 Å². The fraction of sp³-hybridized carbons (Fsp3) is 0.308. The van der Waals surface area contributed by atoms with E-state index >= 15 is 0 Å². The molecule has 4 nitrogen and oxygen atoms in total. The molecule has 0 bridgehead atoms. The molecule has 0 saturated carbocycles. The van der Waals surface area contributed by atoms with Crippen LogP contribution in [-0.4, -0.2) is 25.7 Å². The largest absolute Gasteiger partial charge is 0.497 e. The number of methoxy groups -OCH3 is 1. The van der Waals surface area contributed by atoms with Gasteiger partial charge in [-0.1, -0.05) is 15.9 Å². The second-order valence-electron chi connectivity index (χ2n) is 3.82. The smallest absolute Gasteiger partial charge is 0.196 e. The van der Waals surface area contributed by atoms with Crippen LogP contribution in [-0.2, 0) is 6.42 Å². The molecule has 2 aromatic rings. The minimum Gasteiger partial charge on any atom is -0.497 e. The van der Waals surface area contributed by atoms with E-state index < -0.39 is 0 Å². The van der Waals surface area contributed by atoms with Gasteiger partial charge in [0, 0.05) is 23.0 Å². The van der Waals surface area contributed by atoms with Crippen molar-refractivity contribution in [2.24, 2.45) is 0 Å². The zero-order chi connectivity index (χ0) is 13.0. The van der Waals surface area contributed by atoms with Crippen molar-refractivity contribution in [2.75, 3.05) is 20.7 Å². The first-order valence-corrected chi connectivity index (χ1v) is 6.47. The van der Waals surface area contributed by atoms with E-state index in [0.717, 1.165) is 40.4 Å². The number of oxazole rings is 1. The Morgan fingerprint density at radius 1 is 1.44 bits per heavy atom. The van der Waals surface area contributed by atoms with Crippen molar-refractivity contribution in [3.05, 3.63) is 34.8 Å². The molecule has 1 aromatic carbocycles. The normalized spacial score (nSPS) is 10.6. The quantitative estimate of drug-likeness (QED) is 0.922. The summed E-state index contributed by atoms with van der Waals surface area (Å²) in [5.74, 6) is 2.27. The van der Waals surface area contributed by atoms with Crippen LogP contribution < -0.4 is 10.1 Å². The highest BCUT2D eigenvalue weighted by molar-refractivity contribution is 9.10. The fourth-order valence-corrected chi connectivity index (χ4v) is 2.04. The molecule has 0 radical (unpaired) electrons. The van der Waals surface area contributed by atoms with Gasteiger partial charge in [0.15, 0.2) is 11.7 Å². The van der Waals surface area contributed by atoms with Gasteiger partial charge in [-0.25, -0.2) is 4.98 Å². The number of hydrogen-bond acceptors (Lipinski definition) is 4. The molecule has 96 valence electrons. The lowest BCUT2D eigenvalue weighted by atomic mass is 10.2. The maximum Gasteiger partial charge on any atom is 0.196 e. The first-order valence-electron chi connectivity index (χ1n) is 5.68. The average Bonchev–Trinajstić information content (AvgIpc) is 2.85. The molecule has 0 atom stereocenters. The van der Waals surface area contributed by atoms with Gasteiger partial charge < -0.3 is 14.5 Å². The van der Waals surface area contributed by atoms with Crippen molar-refractivity contribution in [2.45, 2.75) is 6.42 Å². The van der Waals surface area contributed by atoms with Crippen LogP contribution in [0, 0.1) is 0 Å². The van der Waals surface area contributed by atoms with Crippen molar-refractivity contribution in [3.63, 3.8) is 0 Å². The molecular formula is C13H15BrN2O2. The van der Waals surface area contributed by atoms with Gasteiger partial charge in [0.05, 0.1) is 13.3 Å². The number of hydrogen-bond donors (Lipinski definition) is 1. The van der Waals surface area contributed by atoms with Gasteiger partial charge >= 0.3 is 0 Å². The molecule has 1 aromatic heterocycles. The highest BCUT2D eigenvalue weighted by atomic mass is 79.9. The third-order valence-electron chi connectivity index (χ3n) is 2.58. The molecule has 18 heavy (non-hydrogen) atoms. The Hall–Kier alpha value is -1.33. The summed E-state index contributed by atoms with van der Waals surface area (Å²) in [6.07, 6.45) is 2.52. The van der Waals surface area contributed by atoms with E-state index in [1.54, 1.807) is 13.3 Å². The minimum absolute atomic E-state index is 0.731. The highest BCUT2D eigenvalue weighted by Gasteiger charge is 2.10. The molecule has 0 fully saturated rings. The summed E-state index contributed by atoms with van der Waals surface area (Å²) in [5.41, 5.74) is 0.942. The number of aromatic nitrogens is 1. The van der Waals surface area contributed by atoms with Crippen LogP contribution in [0.15, 0.2) is 33.3 Å². The van der Waals surface area contributed by atoms with Crippen LogP contribution in [0.4, 0.5) is 0 Å². The van der Waals surface area contributed by atoms with Crippen LogP contribution in [0.3, 0.4) is 0 Å². The SMILES string of the molecule is CNCCc1ncc(-c2cc(OC)ccc2Br)o1. The molecule has 2 rings (SSSR count). The minimum atomic E-state index is 0.731. The van der Waals surface area contributed by atoms with Gasteiger partial charge in [0.2, 0.25) is 0 Å². The van der Waals surface area contributed by atoms with Crippen molar-refractivity contribution in [3.8, 4) is 17.1 Å². The summed E-state index contributed by atoms with van der Waals surface area (Å²) in [6.45, 7) is 0.846. The Bertz CT molecular complexity index is 525. The van der Waals surface area contributed by atoms with E-state index in [2.05, 4.69) is 26.2 Å². The first kappa shape index (κ1) is 13.1. The molecule has 1 N–H and O–H groups in total. The second-order valence-corrected chi connectivity index (χ2v) is 4.67. The van der Waals surface area contributed by atoms with Crippen molar-refractivity contribution in [1.29, 1.82) is 0 Å². The number of benzene rings is 1. The summed E-state index contributed by atoms with van der Waals surface area (Å²) in [7, 11) is 3.55. The lowest BCUT2D eigenvalue weighted by Gasteiger charge is -2.04. The Morgan fingerprint density at radius 2 is 2.28 bits per heavy atom. The molecule has 0 saturated heterocycles. The molecule has 5 heteroatoms. The molecule has 0 aliphatic heterocycles. The fourth-order valence-electron chi connectivity index (χ4n) is 1.60. The zero-order valence-corrected chi connectivity index (χ0v) is 12.0. The van der Waals surface area contributed by atoms with E-state index in [1.165, 1.54) is 0 Å². The lowest BCUT2D eigenvalue weighted by molar-refractivity contribution is 0.414. The Balaban J connectivity index is 2.27. The average molecular weight is 311 g/mol. The predicted molar refractivity (Wildman–Crippen MR) is 73.8 cm³/mol. The molecular weight excluding hydrogens is 296 g/mol. The van der Waals surface area contributed by atoms with Crippen molar-refractivity contribution >= 4 is 15.9 Å². The van der Waals surface area contributed by atoms with Crippen LogP contribution in [0.2, 0.25) is 0 Å². The molecule has 0 aliphatic carbocycles. The molecule has 1 heterocycles. The number of halogens is 1. The number of nitrogens with zero attached hydrogens (tertiary/aromatic N) is 1. The maximum atomic E-state index is 5.72. The van der Waals surface area contributed by atoms with Crippen LogP contribution >= 0.6 is 15.9 Å². The molecule has 0 amide bonds. The lowest BCUT2D eigenvalue weighted by Crippen LogP contribution is -2.10. The van der Waals surface area contributed by atoms with Gasteiger partial charge in [-0.2, -0.15) is 0 Å².